The van der Waals surface area contributed by atoms with Crippen molar-refractivity contribution in [3.8, 4) is 0 Å². The standard InChI is InChI=1S/C17H18F3N3O3/c1-2-9-3-10-4-11(5-14(24)25)16(26)23(8-17(18,19)20)7-13(10)12-6-21-22-15(9)12/h3,6,11H,2,4-5,7-8H2,1H3,(H,21,22)(H,24,25). The van der Waals surface area contributed by atoms with Gasteiger partial charge in [-0.3, -0.25) is 14.7 Å². The number of aromatic nitrogens is 2. The van der Waals surface area contributed by atoms with Crippen molar-refractivity contribution in [3.63, 3.8) is 0 Å². The Balaban J connectivity index is 2.12. The molecule has 140 valence electrons. The molecule has 0 radical (unpaired) electrons. The zero-order valence-corrected chi connectivity index (χ0v) is 14.1. The van der Waals surface area contributed by atoms with Crippen LogP contribution in [0.3, 0.4) is 0 Å². The molecule has 1 aliphatic heterocycles. The van der Waals surface area contributed by atoms with Gasteiger partial charge in [-0.1, -0.05) is 13.0 Å². The number of rotatable bonds is 4. The molecule has 0 fully saturated rings. The molecule has 3 rings (SSSR count). The minimum atomic E-state index is -4.56. The van der Waals surface area contributed by atoms with Crippen molar-refractivity contribution in [1.29, 1.82) is 0 Å². The molecule has 1 atom stereocenters. The van der Waals surface area contributed by atoms with E-state index in [1.165, 1.54) is 0 Å². The lowest BCUT2D eigenvalue weighted by atomic mass is 9.91. The molecule has 2 N–H and O–H groups in total. The highest BCUT2D eigenvalue weighted by Gasteiger charge is 2.38. The van der Waals surface area contributed by atoms with Crippen LogP contribution in [0.1, 0.15) is 30.0 Å². The van der Waals surface area contributed by atoms with E-state index in [4.69, 9.17) is 5.11 Å². The highest BCUT2D eigenvalue weighted by atomic mass is 19.4. The molecule has 1 aromatic carbocycles. The largest absolute Gasteiger partial charge is 0.481 e. The molecule has 0 saturated carbocycles. The third-order valence-electron chi connectivity index (χ3n) is 4.67. The summed E-state index contributed by atoms with van der Waals surface area (Å²) in [5.74, 6) is -3.01. The Morgan fingerprint density at radius 3 is 2.81 bits per heavy atom. The maximum Gasteiger partial charge on any atom is 0.406 e. The van der Waals surface area contributed by atoms with Gasteiger partial charge in [0.2, 0.25) is 5.91 Å². The van der Waals surface area contributed by atoms with E-state index < -0.39 is 36.9 Å². The highest BCUT2D eigenvalue weighted by molar-refractivity contribution is 5.89. The summed E-state index contributed by atoms with van der Waals surface area (Å²) in [7, 11) is 0. The van der Waals surface area contributed by atoms with Crippen LogP contribution in [-0.4, -0.2) is 44.8 Å². The number of fused-ring (bicyclic) bond motifs is 3. The van der Waals surface area contributed by atoms with Crippen LogP contribution in [0.15, 0.2) is 12.3 Å². The van der Waals surface area contributed by atoms with Gasteiger partial charge in [0, 0.05) is 11.9 Å². The molecule has 2 aromatic rings. The summed E-state index contributed by atoms with van der Waals surface area (Å²) in [4.78, 5) is 24.4. The fourth-order valence-corrected chi connectivity index (χ4v) is 3.55. The zero-order valence-electron chi connectivity index (χ0n) is 14.1. The first kappa shape index (κ1) is 18.2. The molecule has 1 amide bonds. The van der Waals surface area contributed by atoms with Gasteiger partial charge >= 0.3 is 12.1 Å². The van der Waals surface area contributed by atoms with Gasteiger partial charge in [-0.05, 0) is 29.5 Å². The quantitative estimate of drug-likeness (QED) is 0.868. The Morgan fingerprint density at radius 1 is 1.46 bits per heavy atom. The molecular formula is C17H18F3N3O3. The average Bonchev–Trinajstić information content (AvgIpc) is 2.98. The number of nitrogens with one attached hydrogen (secondary N) is 1. The number of halogens is 3. The van der Waals surface area contributed by atoms with Crippen molar-refractivity contribution in [2.75, 3.05) is 6.54 Å². The normalized spacial score (nSPS) is 18.1. The third-order valence-corrected chi connectivity index (χ3v) is 4.67. The Bertz CT molecular complexity index is 860. The number of carbonyl (C=O) groups is 2. The van der Waals surface area contributed by atoms with Crippen molar-refractivity contribution >= 4 is 22.8 Å². The van der Waals surface area contributed by atoms with E-state index in [0.29, 0.717) is 27.8 Å². The molecule has 6 nitrogen and oxygen atoms in total. The fraction of sp³-hybridized carbons (Fsp3) is 0.471. The fourth-order valence-electron chi connectivity index (χ4n) is 3.55. The Morgan fingerprint density at radius 2 is 2.19 bits per heavy atom. The number of benzene rings is 1. The maximum absolute atomic E-state index is 13.0. The second-order valence-electron chi connectivity index (χ2n) is 6.49. The molecule has 1 aromatic heterocycles. The average molecular weight is 369 g/mol. The van der Waals surface area contributed by atoms with E-state index in [1.807, 2.05) is 13.0 Å². The number of nitrogens with zero attached hydrogens (tertiary/aromatic N) is 2. The monoisotopic (exact) mass is 369 g/mol. The summed E-state index contributed by atoms with van der Waals surface area (Å²) in [5.41, 5.74) is 2.97. The number of carbonyl (C=O) groups excluding carboxylic acids is 1. The van der Waals surface area contributed by atoms with Crippen molar-refractivity contribution in [3.05, 3.63) is 29.0 Å². The first-order chi connectivity index (χ1) is 12.2. The van der Waals surface area contributed by atoms with E-state index >= 15 is 0 Å². The van der Waals surface area contributed by atoms with Crippen LogP contribution in [-0.2, 0) is 29.0 Å². The van der Waals surface area contributed by atoms with Crippen molar-refractivity contribution < 1.29 is 27.9 Å². The summed E-state index contributed by atoms with van der Waals surface area (Å²) in [6.45, 7) is 0.314. The number of alkyl halides is 3. The number of carboxylic acid groups (broad SMARTS) is 1. The molecule has 0 saturated heterocycles. The van der Waals surface area contributed by atoms with Gasteiger partial charge in [0.05, 0.1) is 24.1 Å². The van der Waals surface area contributed by atoms with Gasteiger partial charge in [-0.15, -0.1) is 0 Å². The summed E-state index contributed by atoms with van der Waals surface area (Å²) in [6, 6.07) is 1.84. The summed E-state index contributed by atoms with van der Waals surface area (Å²) in [6.07, 6.45) is -2.75. The first-order valence-corrected chi connectivity index (χ1v) is 8.23. The molecule has 26 heavy (non-hydrogen) atoms. The smallest absolute Gasteiger partial charge is 0.406 e. The Kier molecular flexibility index (Phi) is 4.64. The highest BCUT2D eigenvalue weighted by Crippen LogP contribution is 2.33. The number of aryl methyl sites for hydroxylation is 1. The van der Waals surface area contributed by atoms with Crippen LogP contribution in [0.5, 0.6) is 0 Å². The lowest BCUT2D eigenvalue weighted by molar-refractivity contribution is -0.165. The van der Waals surface area contributed by atoms with Crippen molar-refractivity contribution in [2.45, 2.75) is 38.9 Å². The van der Waals surface area contributed by atoms with Gasteiger partial charge < -0.3 is 10.0 Å². The minimum absolute atomic E-state index is 0.100. The van der Waals surface area contributed by atoms with Crippen LogP contribution in [0.2, 0.25) is 0 Å². The maximum atomic E-state index is 13.0. The molecule has 0 bridgehead atoms. The van der Waals surface area contributed by atoms with Gasteiger partial charge in [0.1, 0.15) is 6.54 Å². The number of carboxylic acids is 1. The number of hydrogen-bond donors (Lipinski definition) is 2. The van der Waals surface area contributed by atoms with E-state index in [9.17, 15) is 22.8 Å². The second-order valence-corrected chi connectivity index (χ2v) is 6.49. The molecule has 1 unspecified atom stereocenters. The van der Waals surface area contributed by atoms with E-state index in [-0.39, 0.29) is 13.0 Å². The first-order valence-electron chi connectivity index (χ1n) is 8.23. The van der Waals surface area contributed by atoms with E-state index in [1.54, 1.807) is 6.20 Å². The summed E-state index contributed by atoms with van der Waals surface area (Å²) < 4.78 is 38.9. The summed E-state index contributed by atoms with van der Waals surface area (Å²) >= 11 is 0. The molecular weight excluding hydrogens is 351 g/mol. The van der Waals surface area contributed by atoms with E-state index in [2.05, 4.69) is 10.2 Å². The Hall–Kier alpha value is -2.58. The van der Waals surface area contributed by atoms with Crippen LogP contribution in [0.25, 0.3) is 10.9 Å². The van der Waals surface area contributed by atoms with Gasteiger partial charge in [0.25, 0.3) is 0 Å². The number of hydrogen-bond acceptors (Lipinski definition) is 3. The topological polar surface area (TPSA) is 86.3 Å². The SMILES string of the molecule is CCc1cc2c(c3cn[nH]c13)CN(CC(F)(F)F)C(=O)C(CC(=O)O)C2. The number of amides is 1. The van der Waals surface area contributed by atoms with Gasteiger partial charge in [-0.25, -0.2) is 0 Å². The zero-order chi connectivity index (χ0) is 19.1. The van der Waals surface area contributed by atoms with E-state index in [0.717, 1.165) is 11.1 Å². The molecule has 1 aliphatic rings. The lowest BCUT2D eigenvalue weighted by Crippen LogP contribution is -2.41. The van der Waals surface area contributed by atoms with Crippen LogP contribution < -0.4 is 0 Å². The molecule has 9 heteroatoms. The molecule has 0 aliphatic carbocycles. The third kappa shape index (κ3) is 3.51. The van der Waals surface area contributed by atoms with Gasteiger partial charge in [0.15, 0.2) is 0 Å². The van der Waals surface area contributed by atoms with Crippen LogP contribution >= 0.6 is 0 Å². The molecule has 0 spiro atoms. The summed E-state index contributed by atoms with van der Waals surface area (Å²) in [5, 5.41) is 16.6. The minimum Gasteiger partial charge on any atom is -0.481 e. The van der Waals surface area contributed by atoms with Crippen LogP contribution in [0.4, 0.5) is 13.2 Å². The predicted molar refractivity (Wildman–Crippen MR) is 86.4 cm³/mol. The Labute approximate surface area is 147 Å². The second kappa shape index (κ2) is 6.62. The van der Waals surface area contributed by atoms with Crippen molar-refractivity contribution in [2.24, 2.45) is 5.92 Å². The number of aromatic amines is 1. The van der Waals surface area contributed by atoms with Crippen molar-refractivity contribution in [1.82, 2.24) is 15.1 Å². The lowest BCUT2D eigenvalue weighted by Gasteiger charge is -2.25. The number of H-pyrrole nitrogens is 1. The van der Waals surface area contributed by atoms with Crippen LogP contribution in [0, 0.1) is 5.92 Å². The predicted octanol–water partition coefficient (Wildman–Crippen LogP) is 2.66. The molecule has 2 heterocycles. The number of aliphatic carboxylic acids is 1. The van der Waals surface area contributed by atoms with Gasteiger partial charge in [-0.2, -0.15) is 18.3 Å².